The normalized spacial score (nSPS) is 10.3. The Balaban J connectivity index is 1.66. The molecule has 0 bridgehead atoms. The van der Waals surface area contributed by atoms with Crippen LogP contribution < -0.4 is 21.1 Å². The number of nitrogens with zero attached hydrogens (tertiary/aromatic N) is 2. The molecular weight excluding hydrogens is 346 g/mol. The average Bonchev–Trinajstić information content (AvgIpc) is 2.69. The smallest absolute Gasteiger partial charge is 0.274 e. The third-order valence-electron chi connectivity index (χ3n) is 3.90. The SMILES string of the molecule is COc1ccccc1C(=O)NNc1nnc(Cc2ccc(C)cc2)c(=O)[nH]1. The van der Waals surface area contributed by atoms with Gasteiger partial charge >= 0.3 is 0 Å². The van der Waals surface area contributed by atoms with E-state index < -0.39 is 5.91 Å². The van der Waals surface area contributed by atoms with Gasteiger partial charge in [-0.05, 0) is 24.6 Å². The highest BCUT2D eigenvalue weighted by molar-refractivity contribution is 5.97. The van der Waals surface area contributed by atoms with Gasteiger partial charge in [0.2, 0.25) is 5.95 Å². The fourth-order valence-electron chi connectivity index (χ4n) is 2.45. The Morgan fingerprint density at radius 2 is 1.85 bits per heavy atom. The molecule has 0 aliphatic carbocycles. The predicted molar refractivity (Wildman–Crippen MR) is 101 cm³/mol. The van der Waals surface area contributed by atoms with Gasteiger partial charge in [-0.25, -0.2) is 0 Å². The van der Waals surface area contributed by atoms with Crippen molar-refractivity contribution in [2.75, 3.05) is 12.5 Å². The second-order valence-corrected chi connectivity index (χ2v) is 5.89. The first-order valence-corrected chi connectivity index (χ1v) is 8.27. The van der Waals surface area contributed by atoms with Crippen LogP contribution in [0.3, 0.4) is 0 Å². The van der Waals surface area contributed by atoms with E-state index in [1.807, 2.05) is 31.2 Å². The van der Waals surface area contributed by atoms with E-state index in [9.17, 15) is 9.59 Å². The number of amides is 1. The summed E-state index contributed by atoms with van der Waals surface area (Å²) in [6, 6.07) is 14.6. The summed E-state index contributed by atoms with van der Waals surface area (Å²) < 4.78 is 5.14. The molecule has 2 aromatic carbocycles. The van der Waals surface area contributed by atoms with E-state index in [2.05, 4.69) is 26.0 Å². The first kappa shape index (κ1) is 18.1. The maximum atomic E-state index is 12.2. The average molecular weight is 365 g/mol. The molecule has 27 heavy (non-hydrogen) atoms. The molecule has 0 saturated heterocycles. The zero-order valence-electron chi connectivity index (χ0n) is 14.9. The molecule has 0 atom stereocenters. The minimum atomic E-state index is -0.432. The van der Waals surface area contributed by atoms with E-state index in [1.165, 1.54) is 7.11 Å². The Kier molecular flexibility index (Phi) is 5.46. The Morgan fingerprint density at radius 3 is 2.56 bits per heavy atom. The molecule has 1 heterocycles. The van der Waals surface area contributed by atoms with Gasteiger partial charge in [0.1, 0.15) is 11.4 Å². The van der Waals surface area contributed by atoms with Crippen molar-refractivity contribution < 1.29 is 9.53 Å². The first-order chi connectivity index (χ1) is 13.1. The summed E-state index contributed by atoms with van der Waals surface area (Å²) in [5.74, 6) is 0.0413. The van der Waals surface area contributed by atoms with E-state index in [1.54, 1.807) is 24.3 Å². The first-order valence-electron chi connectivity index (χ1n) is 8.27. The summed E-state index contributed by atoms with van der Waals surface area (Å²) >= 11 is 0. The summed E-state index contributed by atoms with van der Waals surface area (Å²) in [5, 5.41) is 7.85. The molecule has 0 spiro atoms. The zero-order chi connectivity index (χ0) is 19.2. The van der Waals surface area contributed by atoms with Crippen LogP contribution in [-0.4, -0.2) is 28.2 Å². The summed E-state index contributed by atoms with van der Waals surface area (Å²) in [6.07, 6.45) is 0.371. The molecule has 0 fully saturated rings. The van der Waals surface area contributed by atoms with Crippen molar-refractivity contribution in [3.63, 3.8) is 0 Å². The number of aromatic nitrogens is 3. The zero-order valence-corrected chi connectivity index (χ0v) is 14.9. The summed E-state index contributed by atoms with van der Waals surface area (Å²) in [7, 11) is 1.48. The number of carbonyl (C=O) groups excluding carboxylic acids is 1. The number of H-pyrrole nitrogens is 1. The second kappa shape index (κ2) is 8.13. The number of aryl methyl sites for hydroxylation is 1. The van der Waals surface area contributed by atoms with Gasteiger partial charge in [-0.15, -0.1) is 10.2 Å². The molecule has 8 heteroatoms. The lowest BCUT2D eigenvalue weighted by Crippen LogP contribution is -2.32. The number of anilines is 1. The van der Waals surface area contributed by atoms with Crippen molar-refractivity contribution in [2.24, 2.45) is 0 Å². The van der Waals surface area contributed by atoms with Crippen LogP contribution >= 0.6 is 0 Å². The van der Waals surface area contributed by atoms with Gasteiger partial charge in [0, 0.05) is 6.42 Å². The molecule has 0 saturated carbocycles. The lowest BCUT2D eigenvalue weighted by atomic mass is 10.1. The Bertz CT molecular complexity index is 999. The van der Waals surface area contributed by atoms with E-state index in [4.69, 9.17) is 4.74 Å². The van der Waals surface area contributed by atoms with Gasteiger partial charge in [0.25, 0.3) is 11.5 Å². The highest BCUT2D eigenvalue weighted by atomic mass is 16.5. The number of carbonyl (C=O) groups is 1. The third kappa shape index (κ3) is 4.49. The number of para-hydroxylation sites is 1. The minimum Gasteiger partial charge on any atom is -0.496 e. The number of hydrogen-bond acceptors (Lipinski definition) is 6. The van der Waals surface area contributed by atoms with Crippen molar-refractivity contribution in [1.29, 1.82) is 0 Å². The molecular formula is C19H19N5O3. The molecule has 0 unspecified atom stereocenters. The van der Waals surface area contributed by atoms with Crippen LogP contribution in [-0.2, 0) is 6.42 Å². The fourth-order valence-corrected chi connectivity index (χ4v) is 2.45. The van der Waals surface area contributed by atoms with Crippen LogP contribution in [0.4, 0.5) is 5.95 Å². The van der Waals surface area contributed by atoms with Crippen molar-refractivity contribution in [1.82, 2.24) is 20.6 Å². The number of ether oxygens (including phenoxy) is 1. The lowest BCUT2D eigenvalue weighted by molar-refractivity contribution is 0.0959. The summed E-state index contributed by atoms with van der Waals surface area (Å²) in [4.78, 5) is 27.0. The van der Waals surface area contributed by atoms with Crippen LogP contribution in [0.2, 0.25) is 0 Å². The standard InChI is InChI=1S/C19H19N5O3/c1-12-7-9-13(10-8-12)11-15-18(26)20-19(23-21-15)24-22-17(25)14-5-3-4-6-16(14)27-2/h3-10H,11H2,1-2H3,(H,22,25)(H2,20,23,24,26). The Morgan fingerprint density at radius 1 is 1.11 bits per heavy atom. The number of rotatable bonds is 6. The maximum absolute atomic E-state index is 12.2. The van der Waals surface area contributed by atoms with Gasteiger partial charge in [-0.3, -0.25) is 25.4 Å². The predicted octanol–water partition coefficient (Wildman–Crippen LogP) is 1.83. The van der Waals surface area contributed by atoms with E-state index in [-0.39, 0.29) is 11.5 Å². The maximum Gasteiger partial charge on any atom is 0.274 e. The highest BCUT2D eigenvalue weighted by Gasteiger charge is 2.12. The monoisotopic (exact) mass is 365 g/mol. The molecule has 1 amide bonds. The van der Waals surface area contributed by atoms with E-state index in [0.29, 0.717) is 23.4 Å². The number of hydrogen-bond donors (Lipinski definition) is 3. The van der Waals surface area contributed by atoms with Crippen LogP contribution in [0.25, 0.3) is 0 Å². The van der Waals surface area contributed by atoms with Gasteiger partial charge in [-0.2, -0.15) is 0 Å². The summed E-state index contributed by atoms with van der Waals surface area (Å²) in [5.41, 5.74) is 7.37. The van der Waals surface area contributed by atoms with Crippen LogP contribution in [0.1, 0.15) is 27.2 Å². The van der Waals surface area contributed by atoms with E-state index in [0.717, 1.165) is 11.1 Å². The number of methoxy groups -OCH3 is 1. The third-order valence-corrected chi connectivity index (χ3v) is 3.90. The molecule has 0 radical (unpaired) electrons. The Labute approximate surface area is 155 Å². The van der Waals surface area contributed by atoms with Crippen molar-refractivity contribution in [3.05, 3.63) is 81.3 Å². The van der Waals surface area contributed by atoms with Crippen LogP contribution in [0.15, 0.2) is 53.3 Å². The lowest BCUT2D eigenvalue weighted by Gasteiger charge is -2.10. The molecule has 3 aromatic rings. The van der Waals surface area contributed by atoms with E-state index >= 15 is 0 Å². The van der Waals surface area contributed by atoms with Crippen molar-refractivity contribution >= 4 is 11.9 Å². The number of aromatic amines is 1. The molecule has 138 valence electrons. The van der Waals surface area contributed by atoms with Crippen LogP contribution in [0.5, 0.6) is 5.75 Å². The van der Waals surface area contributed by atoms with Crippen LogP contribution in [0, 0.1) is 6.92 Å². The number of nitrogens with one attached hydrogen (secondary N) is 3. The molecule has 0 aliphatic heterocycles. The topological polar surface area (TPSA) is 109 Å². The minimum absolute atomic E-state index is 0.0379. The van der Waals surface area contributed by atoms with Gasteiger partial charge in [0.05, 0.1) is 12.7 Å². The van der Waals surface area contributed by atoms with Crippen molar-refractivity contribution in [3.8, 4) is 5.75 Å². The van der Waals surface area contributed by atoms with Crippen molar-refractivity contribution in [2.45, 2.75) is 13.3 Å². The molecule has 3 rings (SSSR count). The Hall–Kier alpha value is -3.68. The highest BCUT2D eigenvalue weighted by Crippen LogP contribution is 2.16. The molecule has 0 aliphatic rings. The molecule has 3 N–H and O–H groups in total. The molecule has 8 nitrogen and oxygen atoms in total. The summed E-state index contributed by atoms with van der Waals surface area (Å²) in [6.45, 7) is 2.00. The largest absolute Gasteiger partial charge is 0.496 e. The molecule has 1 aromatic heterocycles. The van der Waals surface area contributed by atoms with Gasteiger partial charge in [-0.1, -0.05) is 42.0 Å². The number of hydrazine groups is 1. The quantitative estimate of drug-likeness (QED) is 0.575. The second-order valence-electron chi connectivity index (χ2n) is 5.89. The van der Waals surface area contributed by atoms with Gasteiger partial charge in [0.15, 0.2) is 0 Å². The fraction of sp³-hybridized carbons (Fsp3) is 0.158. The van der Waals surface area contributed by atoms with Gasteiger partial charge < -0.3 is 4.74 Å². The number of benzene rings is 2.